The summed E-state index contributed by atoms with van der Waals surface area (Å²) in [6.45, 7) is 0.491. The number of amides is 1. The smallest absolute Gasteiger partial charge is 0.249 e. The number of dihydropyridines is 1. The van der Waals surface area contributed by atoms with Crippen molar-refractivity contribution in [2.75, 3.05) is 13.1 Å². The Morgan fingerprint density at radius 2 is 2.58 bits per heavy atom. The van der Waals surface area contributed by atoms with Crippen molar-refractivity contribution in [2.45, 2.75) is 6.42 Å². The molecule has 0 saturated heterocycles. The number of nitrogens with zero attached hydrogens (tertiary/aromatic N) is 1. The van der Waals surface area contributed by atoms with Crippen molar-refractivity contribution in [3.8, 4) is 0 Å². The van der Waals surface area contributed by atoms with Gasteiger partial charge in [0.1, 0.15) is 6.29 Å². The minimum Gasteiger partial charge on any atom is -0.345 e. The van der Waals surface area contributed by atoms with E-state index in [-0.39, 0.29) is 12.5 Å². The summed E-state index contributed by atoms with van der Waals surface area (Å²) in [4.78, 5) is 25.0. The number of aldehydes is 1. The highest BCUT2D eigenvalue weighted by Crippen LogP contribution is 2.01. The Morgan fingerprint density at radius 3 is 3.17 bits per heavy atom. The number of hydrogen-bond acceptors (Lipinski definition) is 3. The Bertz CT molecular complexity index is 243. The molecular weight excluding hydrogens is 156 g/mol. The number of allylic oxidation sites excluding steroid dienone is 1. The van der Waals surface area contributed by atoms with Gasteiger partial charge in [0.2, 0.25) is 5.91 Å². The van der Waals surface area contributed by atoms with Crippen LogP contribution in [0.5, 0.6) is 0 Å². The van der Waals surface area contributed by atoms with Crippen LogP contribution in [-0.2, 0) is 9.59 Å². The van der Waals surface area contributed by atoms with E-state index in [1.165, 1.54) is 0 Å². The van der Waals surface area contributed by atoms with Gasteiger partial charge in [-0.2, -0.15) is 0 Å². The van der Waals surface area contributed by atoms with Crippen LogP contribution >= 0.6 is 0 Å². The maximum atomic E-state index is 11.1. The molecule has 0 spiro atoms. The summed E-state index contributed by atoms with van der Waals surface area (Å²) in [5, 5.41) is 2.45. The third-order valence-corrected chi connectivity index (χ3v) is 1.50. The summed E-state index contributed by atoms with van der Waals surface area (Å²) >= 11 is 0. The average molecular weight is 166 g/mol. The van der Waals surface area contributed by atoms with Crippen LogP contribution in [0.2, 0.25) is 0 Å². The fourth-order valence-electron chi connectivity index (χ4n) is 0.909. The van der Waals surface area contributed by atoms with E-state index in [9.17, 15) is 9.59 Å². The van der Waals surface area contributed by atoms with E-state index in [0.717, 1.165) is 0 Å². The zero-order valence-electron chi connectivity index (χ0n) is 6.62. The molecule has 0 atom stereocenters. The van der Waals surface area contributed by atoms with Crippen LogP contribution in [0.3, 0.4) is 0 Å². The second-order valence-corrected chi connectivity index (χ2v) is 2.37. The van der Waals surface area contributed by atoms with Gasteiger partial charge < -0.3 is 10.1 Å². The Morgan fingerprint density at radius 1 is 1.75 bits per heavy atom. The Kier molecular flexibility index (Phi) is 3.19. The summed E-state index contributed by atoms with van der Waals surface area (Å²) < 4.78 is 0. The molecule has 12 heavy (non-hydrogen) atoms. The average Bonchev–Trinajstić information content (AvgIpc) is 2.15. The number of carbonyl (C=O) groups is 2. The highest BCUT2D eigenvalue weighted by atomic mass is 16.2. The van der Waals surface area contributed by atoms with Crippen molar-refractivity contribution >= 4 is 18.4 Å². The van der Waals surface area contributed by atoms with Gasteiger partial charge in [0.25, 0.3) is 0 Å². The van der Waals surface area contributed by atoms with E-state index in [1.54, 1.807) is 6.21 Å². The van der Waals surface area contributed by atoms with E-state index < -0.39 is 0 Å². The minimum atomic E-state index is -0.195. The first-order valence-electron chi connectivity index (χ1n) is 3.73. The van der Waals surface area contributed by atoms with Gasteiger partial charge in [0.05, 0.1) is 13.1 Å². The predicted molar refractivity (Wildman–Crippen MR) is 45.1 cm³/mol. The second-order valence-electron chi connectivity index (χ2n) is 2.37. The predicted octanol–water partition coefficient (Wildman–Crippen LogP) is -0.298. The largest absolute Gasteiger partial charge is 0.345 e. The first-order chi connectivity index (χ1) is 5.84. The van der Waals surface area contributed by atoms with Crippen LogP contribution in [0.4, 0.5) is 0 Å². The van der Waals surface area contributed by atoms with E-state index in [0.29, 0.717) is 24.8 Å². The van der Waals surface area contributed by atoms with Crippen molar-refractivity contribution in [2.24, 2.45) is 4.99 Å². The number of aliphatic imine (C=N–C) groups is 1. The highest BCUT2D eigenvalue weighted by molar-refractivity contribution is 5.95. The van der Waals surface area contributed by atoms with Crippen LogP contribution in [0.15, 0.2) is 16.6 Å². The van der Waals surface area contributed by atoms with Gasteiger partial charge in [0.15, 0.2) is 0 Å². The molecule has 0 bridgehead atoms. The molecule has 0 fully saturated rings. The molecule has 1 heterocycles. The topological polar surface area (TPSA) is 58.5 Å². The van der Waals surface area contributed by atoms with Gasteiger partial charge in [-0.3, -0.25) is 9.79 Å². The van der Waals surface area contributed by atoms with Gasteiger partial charge in [-0.1, -0.05) is 6.08 Å². The van der Waals surface area contributed by atoms with Gasteiger partial charge >= 0.3 is 0 Å². The molecule has 1 rings (SSSR count). The van der Waals surface area contributed by atoms with Crippen molar-refractivity contribution in [1.29, 1.82) is 0 Å². The number of carbonyl (C=O) groups excluding carboxylic acids is 2. The fourth-order valence-corrected chi connectivity index (χ4v) is 0.909. The van der Waals surface area contributed by atoms with Crippen molar-refractivity contribution in [1.82, 2.24) is 5.32 Å². The van der Waals surface area contributed by atoms with Gasteiger partial charge in [-0.05, 0) is 0 Å². The molecular formula is C8H10N2O2. The molecule has 4 heteroatoms. The third-order valence-electron chi connectivity index (χ3n) is 1.50. The summed E-state index contributed by atoms with van der Waals surface area (Å²) in [6, 6.07) is 0. The second kappa shape index (κ2) is 4.43. The van der Waals surface area contributed by atoms with Crippen LogP contribution in [-0.4, -0.2) is 31.5 Å². The lowest BCUT2D eigenvalue weighted by molar-refractivity contribution is -0.119. The van der Waals surface area contributed by atoms with E-state index >= 15 is 0 Å². The van der Waals surface area contributed by atoms with Crippen molar-refractivity contribution < 1.29 is 9.59 Å². The SMILES string of the molecule is O=CCNC(=O)C1=CCC=NC1. The van der Waals surface area contributed by atoms with E-state index in [4.69, 9.17) is 0 Å². The lowest BCUT2D eigenvalue weighted by Crippen LogP contribution is -2.28. The maximum absolute atomic E-state index is 11.1. The lowest BCUT2D eigenvalue weighted by Gasteiger charge is -2.06. The molecule has 0 aromatic rings. The molecule has 0 saturated carbocycles. The molecule has 64 valence electrons. The van der Waals surface area contributed by atoms with Gasteiger partial charge in [0, 0.05) is 18.2 Å². The normalized spacial score (nSPS) is 15.2. The molecule has 1 aliphatic rings. The van der Waals surface area contributed by atoms with Crippen LogP contribution < -0.4 is 5.32 Å². The summed E-state index contributed by atoms with van der Waals surface area (Å²) in [5.74, 6) is -0.195. The number of hydrogen-bond donors (Lipinski definition) is 1. The molecule has 0 aliphatic carbocycles. The quantitative estimate of drug-likeness (QED) is 0.585. The zero-order valence-corrected chi connectivity index (χ0v) is 6.62. The highest BCUT2D eigenvalue weighted by Gasteiger charge is 2.08. The molecule has 0 radical (unpaired) electrons. The van der Waals surface area contributed by atoms with Gasteiger partial charge in [-0.15, -0.1) is 0 Å². The van der Waals surface area contributed by atoms with E-state index in [2.05, 4.69) is 10.3 Å². The number of rotatable bonds is 3. The summed E-state index contributed by atoms with van der Waals surface area (Å²) in [7, 11) is 0. The summed E-state index contributed by atoms with van der Waals surface area (Å²) in [6.07, 6.45) is 4.93. The molecule has 0 aromatic heterocycles. The Balaban J connectivity index is 2.41. The van der Waals surface area contributed by atoms with Gasteiger partial charge in [-0.25, -0.2) is 0 Å². The number of nitrogens with one attached hydrogen (secondary N) is 1. The summed E-state index contributed by atoms with van der Waals surface area (Å²) in [5.41, 5.74) is 0.638. The maximum Gasteiger partial charge on any atom is 0.249 e. The Hall–Kier alpha value is -1.45. The minimum absolute atomic E-state index is 0.0693. The Labute approximate surface area is 70.4 Å². The lowest BCUT2D eigenvalue weighted by atomic mass is 10.2. The fraction of sp³-hybridized carbons (Fsp3) is 0.375. The van der Waals surface area contributed by atoms with E-state index in [1.807, 2.05) is 6.08 Å². The third kappa shape index (κ3) is 2.30. The molecule has 0 unspecified atom stereocenters. The molecule has 1 N–H and O–H groups in total. The van der Waals surface area contributed by atoms with Crippen LogP contribution in [0.25, 0.3) is 0 Å². The van der Waals surface area contributed by atoms with Crippen LogP contribution in [0, 0.1) is 0 Å². The zero-order chi connectivity index (χ0) is 8.81. The van der Waals surface area contributed by atoms with Crippen molar-refractivity contribution in [3.63, 3.8) is 0 Å². The first kappa shape index (κ1) is 8.64. The molecule has 1 amide bonds. The van der Waals surface area contributed by atoms with Crippen molar-refractivity contribution in [3.05, 3.63) is 11.6 Å². The molecule has 0 aromatic carbocycles. The first-order valence-corrected chi connectivity index (χ1v) is 3.73. The standard InChI is InChI=1S/C8H10N2O2/c11-5-4-10-8(12)7-2-1-3-9-6-7/h2-3,5H,1,4,6H2,(H,10,12). The molecule has 1 aliphatic heterocycles. The van der Waals surface area contributed by atoms with Crippen LogP contribution in [0.1, 0.15) is 6.42 Å². The monoisotopic (exact) mass is 166 g/mol. The molecule has 4 nitrogen and oxygen atoms in total.